The minimum absolute atomic E-state index is 0.169. The molecule has 0 aliphatic carbocycles. The van der Waals surface area contributed by atoms with Crippen molar-refractivity contribution >= 4 is 0 Å². The lowest BCUT2D eigenvalue weighted by Gasteiger charge is -2.39. The number of rotatable bonds is 4. The van der Waals surface area contributed by atoms with Gasteiger partial charge in [-0.3, -0.25) is 0 Å². The fourth-order valence-electron chi connectivity index (χ4n) is 1.43. The SMILES string of the molecule is C=C(C)CO[C@@H]1O[C@H](CO)[C@@H](O)[C@H](O)[C@H]1O. The zero-order valence-corrected chi connectivity index (χ0v) is 9.11. The van der Waals surface area contributed by atoms with Gasteiger partial charge in [-0.2, -0.15) is 0 Å². The zero-order valence-electron chi connectivity index (χ0n) is 9.11. The predicted molar refractivity (Wildman–Crippen MR) is 54.5 cm³/mol. The van der Waals surface area contributed by atoms with Crippen molar-refractivity contribution in [2.75, 3.05) is 13.2 Å². The Hall–Kier alpha value is -0.500. The van der Waals surface area contributed by atoms with E-state index in [9.17, 15) is 15.3 Å². The Kier molecular flexibility index (Phi) is 4.85. The summed E-state index contributed by atoms with van der Waals surface area (Å²) in [5, 5.41) is 37.4. The van der Waals surface area contributed by atoms with Crippen LogP contribution in [0.25, 0.3) is 0 Å². The monoisotopic (exact) mass is 234 g/mol. The van der Waals surface area contributed by atoms with Gasteiger partial charge in [0.2, 0.25) is 0 Å². The molecule has 6 nitrogen and oxygen atoms in total. The highest BCUT2D eigenvalue weighted by Gasteiger charge is 2.43. The Morgan fingerprint density at radius 2 is 1.88 bits per heavy atom. The summed E-state index contributed by atoms with van der Waals surface area (Å²) in [6.45, 7) is 5.06. The molecule has 0 aromatic heterocycles. The van der Waals surface area contributed by atoms with Crippen LogP contribution >= 0.6 is 0 Å². The van der Waals surface area contributed by atoms with Crippen LogP contribution in [-0.4, -0.2) is 64.3 Å². The average molecular weight is 234 g/mol. The maximum absolute atomic E-state index is 9.56. The van der Waals surface area contributed by atoms with E-state index in [1.165, 1.54) is 0 Å². The normalized spacial score (nSPS) is 39.7. The summed E-state index contributed by atoms with van der Waals surface area (Å²) in [6.07, 6.45) is -6.12. The Morgan fingerprint density at radius 1 is 1.25 bits per heavy atom. The molecule has 1 saturated heterocycles. The lowest BCUT2D eigenvalue weighted by Crippen LogP contribution is -2.59. The van der Waals surface area contributed by atoms with Crippen LogP contribution in [0.2, 0.25) is 0 Å². The molecule has 94 valence electrons. The van der Waals surface area contributed by atoms with Crippen LogP contribution in [0.1, 0.15) is 6.92 Å². The van der Waals surface area contributed by atoms with E-state index in [1.807, 2.05) is 0 Å². The highest BCUT2D eigenvalue weighted by Crippen LogP contribution is 2.22. The first-order valence-corrected chi connectivity index (χ1v) is 5.04. The van der Waals surface area contributed by atoms with Gasteiger partial charge in [0.05, 0.1) is 13.2 Å². The molecule has 1 heterocycles. The molecule has 0 amide bonds. The Labute approximate surface area is 93.7 Å². The summed E-state index contributed by atoms with van der Waals surface area (Å²) in [4.78, 5) is 0. The first kappa shape index (κ1) is 13.6. The van der Waals surface area contributed by atoms with Crippen molar-refractivity contribution in [1.82, 2.24) is 0 Å². The Balaban J connectivity index is 2.60. The number of aliphatic hydroxyl groups is 4. The molecule has 0 aromatic rings. The van der Waals surface area contributed by atoms with Gasteiger partial charge in [-0.15, -0.1) is 0 Å². The fraction of sp³-hybridized carbons (Fsp3) is 0.800. The second kappa shape index (κ2) is 5.72. The topological polar surface area (TPSA) is 99.4 Å². The van der Waals surface area contributed by atoms with E-state index >= 15 is 0 Å². The molecule has 0 radical (unpaired) electrons. The molecule has 16 heavy (non-hydrogen) atoms. The smallest absolute Gasteiger partial charge is 0.187 e. The molecule has 1 fully saturated rings. The van der Waals surface area contributed by atoms with E-state index in [-0.39, 0.29) is 6.61 Å². The molecule has 6 heteroatoms. The molecule has 1 aliphatic heterocycles. The molecular weight excluding hydrogens is 216 g/mol. The van der Waals surface area contributed by atoms with Crippen molar-refractivity contribution in [2.24, 2.45) is 0 Å². The number of ether oxygens (including phenoxy) is 2. The van der Waals surface area contributed by atoms with Crippen molar-refractivity contribution in [2.45, 2.75) is 37.6 Å². The zero-order chi connectivity index (χ0) is 12.3. The number of aliphatic hydroxyl groups excluding tert-OH is 4. The van der Waals surface area contributed by atoms with Gasteiger partial charge in [0, 0.05) is 0 Å². The number of hydrogen-bond donors (Lipinski definition) is 4. The largest absolute Gasteiger partial charge is 0.394 e. The van der Waals surface area contributed by atoms with Crippen LogP contribution in [-0.2, 0) is 9.47 Å². The average Bonchev–Trinajstić information content (AvgIpc) is 2.25. The van der Waals surface area contributed by atoms with Crippen molar-refractivity contribution in [3.63, 3.8) is 0 Å². The second-order valence-corrected chi connectivity index (χ2v) is 3.97. The fourth-order valence-corrected chi connectivity index (χ4v) is 1.43. The Morgan fingerprint density at radius 3 is 2.38 bits per heavy atom. The van der Waals surface area contributed by atoms with E-state index in [4.69, 9.17) is 14.6 Å². The van der Waals surface area contributed by atoms with E-state index in [0.717, 1.165) is 5.57 Å². The summed E-state index contributed by atoms with van der Waals surface area (Å²) in [6, 6.07) is 0. The lowest BCUT2D eigenvalue weighted by molar-refractivity contribution is -0.299. The Bertz CT molecular complexity index is 241. The molecule has 0 saturated carbocycles. The number of hydrogen-bond acceptors (Lipinski definition) is 6. The lowest BCUT2D eigenvalue weighted by atomic mass is 9.99. The summed E-state index contributed by atoms with van der Waals surface area (Å²) < 4.78 is 10.3. The third kappa shape index (κ3) is 3.00. The van der Waals surface area contributed by atoms with Crippen molar-refractivity contribution in [3.05, 3.63) is 12.2 Å². The van der Waals surface area contributed by atoms with Crippen molar-refractivity contribution in [3.8, 4) is 0 Å². The van der Waals surface area contributed by atoms with Crippen molar-refractivity contribution < 1.29 is 29.9 Å². The minimum atomic E-state index is -1.40. The summed E-state index contributed by atoms with van der Waals surface area (Å²) >= 11 is 0. The van der Waals surface area contributed by atoms with Crippen LogP contribution < -0.4 is 0 Å². The summed E-state index contributed by atoms with van der Waals surface area (Å²) in [5.41, 5.74) is 0.733. The van der Waals surface area contributed by atoms with Crippen LogP contribution in [0.15, 0.2) is 12.2 Å². The standard InChI is InChI=1S/C10H18O6/c1-5(2)4-15-10-9(14)8(13)7(12)6(3-11)16-10/h6-14H,1,3-4H2,2H3/t6-,7-,8+,9-,10-/m1/s1. The molecule has 0 spiro atoms. The molecule has 0 aromatic carbocycles. The van der Waals surface area contributed by atoms with Gasteiger partial charge in [0.1, 0.15) is 24.4 Å². The highest BCUT2D eigenvalue weighted by molar-refractivity contribution is 4.91. The molecule has 0 unspecified atom stereocenters. The highest BCUT2D eigenvalue weighted by atomic mass is 16.7. The van der Waals surface area contributed by atoms with E-state index < -0.39 is 37.3 Å². The predicted octanol–water partition coefficient (Wildman–Crippen LogP) is -1.62. The molecular formula is C10H18O6. The van der Waals surface area contributed by atoms with Gasteiger partial charge < -0.3 is 29.9 Å². The minimum Gasteiger partial charge on any atom is -0.394 e. The first-order valence-electron chi connectivity index (χ1n) is 5.04. The van der Waals surface area contributed by atoms with Crippen LogP contribution in [0.3, 0.4) is 0 Å². The molecule has 1 aliphatic rings. The van der Waals surface area contributed by atoms with E-state index in [0.29, 0.717) is 0 Å². The third-order valence-electron chi connectivity index (χ3n) is 2.34. The van der Waals surface area contributed by atoms with Crippen LogP contribution in [0.4, 0.5) is 0 Å². The van der Waals surface area contributed by atoms with E-state index in [2.05, 4.69) is 6.58 Å². The third-order valence-corrected chi connectivity index (χ3v) is 2.34. The summed E-state index contributed by atoms with van der Waals surface area (Å²) in [5.74, 6) is 0. The van der Waals surface area contributed by atoms with Gasteiger partial charge in [-0.1, -0.05) is 12.2 Å². The molecule has 0 bridgehead atoms. The summed E-state index contributed by atoms with van der Waals surface area (Å²) in [7, 11) is 0. The maximum atomic E-state index is 9.56. The van der Waals surface area contributed by atoms with Crippen LogP contribution in [0.5, 0.6) is 0 Å². The van der Waals surface area contributed by atoms with Gasteiger partial charge in [-0.05, 0) is 6.92 Å². The van der Waals surface area contributed by atoms with Gasteiger partial charge in [0.15, 0.2) is 6.29 Å². The molecule has 5 atom stereocenters. The quantitative estimate of drug-likeness (QED) is 0.436. The van der Waals surface area contributed by atoms with Gasteiger partial charge in [-0.25, -0.2) is 0 Å². The molecule has 1 rings (SSSR count). The second-order valence-electron chi connectivity index (χ2n) is 3.97. The first-order chi connectivity index (χ1) is 7.47. The van der Waals surface area contributed by atoms with Gasteiger partial charge in [0.25, 0.3) is 0 Å². The van der Waals surface area contributed by atoms with E-state index in [1.54, 1.807) is 6.92 Å². The van der Waals surface area contributed by atoms with Crippen molar-refractivity contribution in [1.29, 1.82) is 0 Å². The van der Waals surface area contributed by atoms with Gasteiger partial charge >= 0.3 is 0 Å². The maximum Gasteiger partial charge on any atom is 0.187 e. The van der Waals surface area contributed by atoms with Crippen LogP contribution in [0, 0.1) is 0 Å². The molecule has 4 N–H and O–H groups in total.